The smallest absolute Gasteiger partial charge is 0.238 e. The minimum Gasteiger partial charge on any atom is -0.497 e. The lowest BCUT2D eigenvalue weighted by Gasteiger charge is -2.18. The van der Waals surface area contributed by atoms with E-state index in [1.165, 1.54) is 0 Å². The summed E-state index contributed by atoms with van der Waals surface area (Å²) in [7, 11) is 3.54. The second-order valence-corrected chi connectivity index (χ2v) is 6.77. The zero-order valence-electron chi connectivity index (χ0n) is 15.8. The Bertz CT molecular complexity index is 822. The Hall–Kier alpha value is -2.86. The number of ether oxygens (including phenoxy) is 1. The van der Waals surface area contributed by atoms with Crippen molar-refractivity contribution in [2.75, 3.05) is 37.5 Å². The zero-order chi connectivity index (χ0) is 19.2. The molecule has 0 unspecified atom stereocenters. The molecule has 1 aliphatic heterocycles. The number of rotatable bonds is 7. The Morgan fingerprint density at radius 3 is 2.78 bits per heavy atom. The van der Waals surface area contributed by atoms with Crippen molar-refractivity contribution in [2.24, 2.45) is 0 Å². The number of hydrogen-bond acceptors (Lipinski definition) is 4. The lowest BCUT2D eigenvalue weighted by Crippen LogP contribution is -2.30. The minimum atomic E-state index is -0.0923. The summed E-state index contributed by atoms with van der Waals surface area (Å²) < 4.78 is 5.23. The zero-order valence-corrected chi connectivity index (χ0v) is 15.8. The number of nitrogens with one attached hydrogen (secondary N) is 1. The highest BCUT2D eigenvalue weighted by molar-refractivity contribution is 5.97. The number of carbonyl (C=O) groups excluding carboxylic acids is 2. The number of nitrogens with zero attached hydrogens (tertiary/aromatic N) is 2. The van der Waals surface area contributed by atoms with Crippen molar-refractivity contribution in [3.63, 3.8) is 0 Å². The molecule has 0 bridgehead atoms. The first-order valence-corrected chi connectivity index (χ1v) is 9.07. The summed E-state index contributed by atoms with van der Waals surface area (Å²) >= 11 is 0. The summed E-state index contributed by atoms with van der Waals surface area (Å²) in [6.07, 6.45) is 1.47. The van der Waals surface area contributed by atoms with Gasteiger partial charge in [0.25, 0.3) is 0 Å². The fourth-order valence-electron chi connectivity index (χ4n) is 3.26. The maximum atomic E-state index is 12.4. The van der Waals surface area contributed by atoms with E-state index in [4.69, 9.17) is 4.74 Å². The molecule has 2 aromatic carbocycles. The van der Waals surface area contributed by atoms with E-state index in [0.717, 1.165) is 30.0 Å². The molecule has 6 nitrogen and oxygen atoms in total. The van der Waals surface area contributed by atoms with Crippen LogP contribution in [0.15, 0.2) is 48.5 Å². The summed E-state index contributed by atoms with van der Waals surface area (Å²) in [5, 5.41) is 2.92. The Labute approximate surface area is 159 Å². The van der Waals surface area contributed by atoms with E-state index >= 15 is 0 Å². The predicted molar refractivity (Wildman–Crippen MR) is 106 cm³/mol. The normalized spacial score (nSPS) is 13.9. The van der Waals surface area contributed by atoms with Crippen LogP contribution in [-0.4, -0.2) is 44.0 Å². The van der Waals surface area contributed by atoms with Gasteiger partial charge in [-0.1, -0.05) is 18.2 Å². The van der Waals surface area contributed by atoms with Crippen LogP contribution in [0.2, 0.25) is 0 Å². The first-order chi connectivity index (χ1) is 13.0. The molecule has 27 heavy (non-hydrogen) atoms. The molecule has 0 atom stereocenters. The van der Waals surface area contributed by atoms with Gasteiger partial charge in [-0.3, -0.25) is 14.5 Å². The summed E-state index contributed by atoms with van der Waals surface area (Å²) in [5.41, 5.74) is 2.62. The summed E-state index contributed by atoms with van der Waals surface area (Å²) in [5.74, 6) is 0.848. The van der Waals surface area contributed by atoms with Crippen molar-refractivity contribution in [1.82, 2.24) is 4.90 Å². The van der Waals surface area contributed by atoms with Gasteiger partial charge >= 0.3 is 0 Å². The van der Waals surface area contributed by atoms with Crippen molar-refractivity contribution in [2.45, 2.75) is 19.4 Å². The molecule has 1 saturated heterocycles. The number of amides is 2. The van der Waals surface area contributed by atoms with Crippen LogP contribution in [0.4, 0.5) is 11.4 Å². The maximum Gasteiger partial charge on any atom is 0.238 e. The van der Waals surface area contributed by atoms with Crippen LogP contribution in [0.3, 0.4) is 0 Å². The second-order valence-electron chi connectivity index (χ2n) is 6.77. The van der Waals surface area contributed by atoms with Crippen LogP contribution in [0.25, 0.3) is 0 Å². The summed E-state index contributed by atoms with van der Waals surface area (Å²) in [6, 6.07) is 15.2. The van der Waals surface area contributed by atoms with Crippen molar-refractivity contribution in [3.05, 3.63) is 54.1 Å². The Kier molecular flexibility index (Phi) is 6.08. The van der Waals surface area contributed by atoms with Crippen LogP contribution in [0.5, 0.6) is 5.75 Å². The van der Waals surface area contributed by atoms with Crippen LogP contribution in [0.1, 0.15) is 18.4 Å². The van der Waals surface area contributed by atoms with Crippen LogP contribution >= 0.6 is 0 Å². The highest BCUT2D eigenvalue weighted by Gasteiger charge is 2.21. The molecule has 0 radical (unpaired) electrons. The average Bonchev–Trinajstić information content (AvgIpc) is 3.07. The van der Waals surface area contributed by atoms with Gasteiger partial charge in [0.2, 0.25) is 11.8 Å². The third kappa shape index (κ3) is 5.08. The van der Waals surface area contributed by atoms with Gasteiger partial charge < -0.3 is 15.0 Å². The van der Waals surface area contributed by atoms with Gasteiger partial charge in [-0.25, -0.2) is 0 Å². The van der Waals surface area contributed by atoms with Gasteiger partial charge in [0.05, 0.1) is 13.7 Å². The monoisotopic (exact) mass is 367 g/mol. The number of likely N-dealkylation sites (N-methyl/N-ethyl adjacent to an activating group) is 1. The Morgan fingerprint density at radius 1 is 1.22 bits per heavy atom. The standard InChI is InChI=1S/C21H25N3O3/c1-23(14-16-6-3-9-19(12-16)27-2)15-20(25)22-17-7-4-8-18(13-17)24-11-5-10-21(24)26/h3-4,6-9,12-13H,5,10-11,14-15H2,1-2H3,(H,22,25). The summed E-state index contributed by atoms with van der Waals surface area (Å²) in [6.45, 7) is 1.65. The predicted octanol–water partition coefficient (Wildman–Crippen LogP) is 2.89. The van der Waals surface area contributed by atoms with E-state index in [0.29, 0.717) is 18.7 Å². The fourth-order valence-corrected chi connectivity index (χ4v) is 3.26. The Balaban J connectivity index is 1.56. The molecule has 0 saturated carbocycles. The Morgan fingerprint density at radius 2 is 2.04 bits per heavy atom. The van der Waals surface area contributed by atoms with Gasteiger partial charge in [-0.2, -0.15) is 0 Å². The molecule has 1 aliphatic rings. The van der Waals surface area contributed by atoms with E-state index in [-0.39, 0.29) is 18.4 Å². The van der Waals surface area contributed by atoms with Crippen molar-refractivity contribution in [1.29, 1.82) is 0 Å². The number of anilines is 2. The molecule has 1 heterocycles. The van der Waals surface area contributed by atoms with Crippen molar-refractivity contribution >= 4 is 23.2 Å². The van der Waals surface area contributed by atoms with Crippen LogP contribution in [-0.2, 0) is 16.1 Å². The SMILES string of the molecule is COc1cccc(CN(C)CC(=O)Nc2cccc(N3CCCC3=O)c2)c1. The molecule has 0 aliphatic carbocycles. The van der Waals surface area contributed by atoms with Crippen LogP contribution < -0.4 is 15.0 Å². The van der Waals surface area contributed by atoms with E-state index in [1.807, 2.05) is 60.5 Å². The molecule has 1 N–H and O–H groups in total. The van der Waals surface area contributed by atoms with Gasteiger partial charge in [0.1, 0.15) is 5.75 Å². The first kappa shape index (κ1) is 18.9. The molecule has 2 amide bonds. The lowest BCUT2D eigenvalue weighted by molar-refractivity contribution is -0.117. The lowest BCUT2D eigenvalue weighted by atomic mass is 10.2. The van der Waals surface area contributed by atoms with E-state index < -0.39 is 0 Å². The molecule has 2 aromatic rings. The minimum absolute atomic E-state index is 0.0923. The van der Waals surface area contributed by atoms with Gasteiger partial charge in [0, 0.05) is 30.9 Å². The average molecular weight is 367 g/mol. The fraction of sp³-hybridized carbons (Fsp3) is 0.333. The maximum absolute atomic E-state index is 12.4. The van der Waals surface area contributed by atoms with Gasteiger partial charge in [0.15, 0.2) is 0 Å². The number of hydrogen-bond donors (Lipinski definition) is 1. The number of carbonyl (C=O) groups is 2. The third-order valence-corrected chi connectivity index (χ3v) is 4.52. The quantitative estimate of drug-likeness (QED) is 0.817. The highest BCUT2D eigenvalue weighted by atomic mass is 16.5. The topological polar surface area (TPSA) is 61.9 Å². The molecule has 142 valence electrons. The first-order valence-electron chi connectivity index (χ1n) is 9.07. The number of methoxy groups -OCH3 is 1. The van der Waals surface area contributed by atoms with Gasteiger partial charge in [-0.15, -0.1) is 0 Å². The molecule has 1 fully saturated rings. The molecule has 0 aromatic heterocycles. The van der Waals surface area contributed by atoms with E-state index in [1.54, 1.807) is 12.0 Å². The van der Waals surface area contributed by atoms with Crippen molar-refractivity contribution < 1.29 is 14.3 Å². The number of benzene rings is 2. The second kappa shape index (κ2) is 8.68. The molecular weight excluding hydrogens is 342 g/mol. The third-order valence-electron chi connectivity index (χ3n) is 4.52. The van der Waals surface area contributed by atoms with E-state index in [9.17, 15) is 9.59 Å². The molecular formula is C21H25N3O3. The van der Waals surface area contributed by atoms with Crippen LogP contribution in [0, 0.1) is 0 Å². The molecule has 0 spiro atoms. The summed E-state index contributed by atoms with van der Waals surface area (Å²) in [4.78, 5) is 28.0. The van der Waals surface area contributed by atoms with E-state index in [2.05, 4.69) is 5.32 Å². The highest BCUT2D eigenvalue weighted by Crippen LogP contribution is 2.24. The van der Waals surface area contributed by atoms with Gasteiger partial charge in [-0.05, 0) is 49.4 Å². The molecule has 6 heteroatoms. The largest absolute Gasteiger partial charge is 0.497 e. The van der Waals surface area contributed by atoms with Crippen molar-refractivity contribution in [3.8, 4) is 5.75 Å². The molecule has 3 rings (SSSR count).